The normalized spacial score (nSPS) is 22.0. The zero-order valence-corrected chi connectivity index (χ0v) is 11.8. The van der Waals surface area contributed by atoms with Gasteiger partial charge in [-0.15, -0.1) is 0 Å². The van der Waals surface area contributed by atoms with Gasteiger partial charge in [0.25, 0.3) is 0 Å². The highest BCUT2D eigenvalue weighted by Crippen LogP contribution is 2.36. The van der Waals surface area contributed by atoms with Crippen molar-refractivity contribution in [3.8, 4) is 5.75 Å². The highest BCUT2D eigenvalue weighted by Gasteiger charge is 2.29. The molecule has 0 saturated carbocycles. The first-order valence-corrected chi connectivity index (χ1v) is 7.37. The molecule has 1 N–H and O–H groups in total. The first-order chi connectivity index (χ1) is 10.4. The summed E-state index contributed by atoms with van der Waals surface area (Å²) < 4.78 is 11.1. The largest absolute Gasteiger partial charge is 0.492 e. The Morgan fingerprint density at radius 2 is 2.10 bits per heavy atom. The molecule has 2 aliphatic heterocycles. The maximum absolute atomic E-state index is 5.68. The van der Waals surface area contributed by atoms with Crippen molar-refractivity contribution in [1.29, 1.82) is 0 Å². The summed E-state index contributed by atoms with van der Waals surface area (Å²) in [7, 11) is 0. The van der Waals surface area contributed by atoms with Gasteiger partial charge in [-0.25, -0.2) is 0 Å². The van der Waals surface area contributed by atoms with E-state index in [4.69, 9.17) is 9.26 Å². The molecule has 1 aromatic carbocycles. The molecule has 4 rings (SSSR count). The number of ether oxygens (including phenoxy) is 1. The van der Waals surface area contributed by atoms with E-state index in [9.17, 15) is 0 Å². The standard InChI is InChI=1S/C15H18N4O2/c1-2-4-13-11(3-1)12(10-20-13)15-17-14(21-18-15)9-19-7-5-16-6-8-19/h1-4,12,16H,5-10H2. The molecule has 1 fully saturated rings. The molecule has 0 spiro atoms. The molecule has 6 heteroatoms. The average molecular weight is 286 g/mol. The van der Waals surface area contributed by atoms with Gasteiger partial charge in [0.1, 0.15) is 12.4 Å². The molecule has 2 aliphatic rings. The number of nitrogens with zero attached hydrogens (tertiary/aromatic N) is 3. The molecule has 1 saturated heterocycles. The Hall–Kier alpha value is -1.92. The van der Waals surface area contributed by atoms with Gasteiger partial charge in [0, 0.05) is 31.7 Å². The van der Waals surface area contributed by atoms with E-state index in [1.807, 2.05) is 18.2 Å². The van der Waals surface area contributed by atoms with Crippen LogP contribution >= 0.6 is 0 Å². The van der Waals surface area contributed by atoms with Gasteiger partial charge < -0.3 is 14.6 Å². The number of para-hydroxylation sites is 1. The van der Waals surface area contributed by atoms with E-state index in [1.54, 1.807) is 0 Å². The molecule has 6 nitrogen and oxygen atoms in total. The summed E-state index contributed by atoms with van der Waals surface area (Å²) in [5.74, 6) is 2.43. The zero-order chi connectivity index (χ0) is 14.1. The van der Waals surface area contributed by atoms with Crippen molar-refractivity contribution in [3.63, 3.8) is 0 Å². The Labute approximate surface area is 123 Å². The van der Waals surface area contributed by atoms with Crippen molar-refractivity contribution in [3.05, 3.63) is 41.5 Å². The van der Waals surface area contributed by atoms with Crippen molar-refractivity contribution in [2.24, 2.45) is 0 Å². The van der Waals surface area contributed by atoms with Gasteiger partial charge in [-0.2, -0.15) is 4.98 Å². The number of piperazine rings is 1. The van der Waals surface area contributed by atoms with E-state index < -0.39 is 0 Å². The van der Waals surface area contributed by atoms with Gasteiger partial charge in [0.2, 0.25) is 5.89 Å². The minimum Gasteiger partial charge on any atom is -0.492 e. The SMILES string of the molecule is c1ccc2c(c1)OCC2c1noc(CN2CCNCC2)n1. The van der Waals surface area contributed by atoms with Crippen molar-refractivity contribution in [2.75, 3.05) is 32.8 Å². The Morgan fingerprint density at radius 3 is 3.00 bits per heavy atom. The molecule has 1 atom stereocenters. The summed E-state index contributed by atoms with van der Waals surface area (Å²) in [5, 5.41) is 7.49. The molecule has 0 aliphatic carbocycles. The molecule has 21 heavy (non-hydrogen) atoms. The van der Waals surface area contributed by atoms with Crippen LogP contribution in [0.3, 0.4) is 0 Å². The second-order valence-corrected chi connectivity index (χ2v) is 5.47. The van der Waals surface area contributed by atoms with Crippen molar-refractivity contribution in [1.82, 2.24) is 20.4 Å². The fourth-order valence-corrected chi connectivity index (χ4v) is 2.91. The van der Waals surface area contributed by atoms with E-state index in [-0.39, 0.29) is 5.92 Å². The van der Waals surface area contributed by atoms with Gasteiger partial charge in [-0.1, -0.05) is 23.4 Å². The summed E-state index contributed by atoms with van der Waals surface area (Å²) in [6.07, 6.45) is 0. The summed E-state index contributed by atoms with van der Waals surface area (Å²) >= 11 is 0. The first kappa shape index (κ1) is 12.8. The van der Waals surface area contributed by atoms with Crippen LogP contribution in [0.1, 0.15) is 23.2 Å². The Kier molecular flexibility index (Phi) is 3.33. The predicted octanol–water partition coefficient (Wildman–Crippen LogP) is 0.999. The lowest BCUT2D eigenvalue weighted by Gasteiger charge is -2.25. The van der Waals surface area contributed by atoms with E-state index in [0.29, 0.717) is 12.5 Å². The molecule has 0 bridgehead atoms. The Morgan fingerprint density at radius 1 is 1.24 bits per heavy atom. The number of aromatic nitrogens is 2. The fraction of sp³-hybridized carbons (Fsp3) is 0.467. The van der Waals surface area contributed by atoms with Crippen molar-refractivity contribution < 1.29 is 9.26 Å². The fourth-order valence-electron chi connectivity index (χ4n) is 2.91. The van der Waals surface area contributed by atoms with Gasteiger partial charge in [-0.3, -0.25) is 4.90 Å². The summed E-state index contributed by atoms with van der Waals surface area (Å²) in [6, 6.07) is 8.05. The quantitative estimate of drug-likeness (QED) is 0.908. The minimum absolute atomic E-state index is 0.0849. The number of nitrogens with one attached hydrogen (secondary N) is 1. The minimum atomic E-state index is 0.0849. The van der Waals surface area contributed by atoms with Crippen LogP contribution in [-0.4, -0.2) is 47.8 Å². The summed E-state index contributed by atoms with van der Waals surface area (Å²) in [5.41, 5.74) is 1.15. The number of fused-ring (bicyclic) bond motifs is 1. The van der Waals surface area contributed by atoms with Crippen LogP contribution in [0.2, 0.25) is 0 Å². The van der Waals surface area contributed by atoms with E-state index >= 15 is 0 Å². The lowest BCUT2D eigenvalue weighted by molar-refractivity contribution is 0.203. The lowest BCUT2D eigenvalue weighted by atomic mass is 10.0. The number of hydrogen-bond acceptors (Lipinski definition) is 6. The third-order valence-electron chi connectivity index (χ3n) is 4.06. The van der Waals surface area contributed by atoms with Crippen molar-refractivity contribution >= 4 is 0 Å². The van der Waals surface area contributed by atoms with Crippen LogP contribution < -0.4 is 10.1 Å². The van der Waals surface area contributed by atoms with E-state index in [0.717, 1.165) is 49.9 Å². The summed E-state index contributed by atoms with van der Waals surface area (Å²) in [4.78, 5) is 6.89. The Bertz CT molecular complexity index is 622. The second kappa shape index (κ2) is 5.46. The average Bonchev–Trinajstić information content (AvgIpc) is 3.14. The molecule has 0 radical (unpaired) electrons. The molecule has 0 amide bonds. The molecule has 2 aromatic rings. The van der Waals surface area contributed by atoms with Gasteiger partial charge >= 0.3 is 0 Å². The predicted molar refractivity (Wildman–Crippen MR) is 76.2 cm³/mol. The van der Waals surface area contributed by atoms with Crippen LogP contribution in [0.25, 0.3) is 0 Å². The topological polar surface area (TPSA) is 63.4 Å². The Balaban J connectivity index is 1.50. The van der Waals surface area contributed by atoms with Gasteiger partial charge in [0.05, 0.1) is 12.5 Å². The lowest BCUT2D eigenvalue weighted by Crippen LogP contribution is -2.42. The van der Waals surface area contributed by atoms with Crippen LogP contribution in [0.5, 0.6) is 5.75 Å². The molecule has 1 aromatic heterocycles. The molecule has 110 valence electrons. The van der Waals surface area contributed by atoms with Crippen molar-refractivity contribution in [2.45, 2.75) is 12.5 Å². The number of hydrogen-bond donors (Lipinski definition) is 1. The molecule has 1 unspecified atom stereocenters. The first-order valence-electron chi connectivity index (χ1n) is 7.37. The van der Waals surface area contributed by atoms with Gasteiger partial charge in [0.15, 0.2) is 5.82 Å². The third-order valence-corrected chi connectivity index (χ3v) is 4.06. The summed E-state index contributed by atoms with van der Waals surface area (Å²) in [6.45, 7) is 5.39. The van der Waals surface area contributed by atoms with Crippen LogP contribution in [0.15, 0.2) is 28.8 Å². The number of benzene rings is 1. The monoisotopic (exact) mass is 286 g/mol. The van der Waals surface area contributed by atoms with Crippen LogP contribution in [0.4, 0.5) is 0 Å². The van der Waals surface area contributed by atoms with E-state index in [1.165, 1.54) is 0 Å². The highest BCUT2D eigenvalue weighted by atomic mass is 16.5. The molecular weight excluding hydrogens is 268 g/mol. The van der Waals surface area contributed by atoms with Crippen LogP contribution in [-0.2, 0) is 6.54 Å². The molecular formula is C15H18N4O2. The van der Waals surface area contributed by atoms with Gasteiger partial charge in [-0.05, 0) is 6.07 Å². The smallest absolute Gasteiger partial charge is 0.240 e. The maximum Gasteiger partial charge on any atom is 0.240 e. The van der Waals surface area contributed by atoms with E-state index in [2.05, 4.69) is 26.4 Å². The zero-order valence-electron chi connectivity index (χ0n) is 11.8. The highest BCUT2D eigenvalue weighted by molar-refractivity contribution is 5.42. The van der Waals surface area contributed by atoms with Crippen LogP contribution in [0, 0.1) is 0 Å². The molecule has 3 heterocycles. The maximum atomic E-state index is 5.68. The third kappa shape index (κ3) is 2.52. The number of rotatable bonds is 3. The second-order valence-electron chi connectivity index (χ2n) is 5.47.